The van der Waals surface area contributed by atoms with Gasteiger partial charge in [-0.1, -0.05) is 49.7 Å². The van der Waals surface area contributed by atoms with E-state index in [0.29, 0.717) is 16.6 Å². The van der Waals surface area contributed by atoms with E-state index in [4.69, 9.17) is 9.84 Å². The average Bonchev–Trinajstić information content (AvgIpc) is 3.16. The van der Waals surface area contributed by atoms with Crippen molar-refractivity contribution >= 4 is 59.9 Å². The van der Waals surface area contributed by atoms with Crippen molar-refractivity contribution in [2.75, 3.05) is 6.61 Å². The van der Waals surface area contributed by atoms with Gasteiger partial charge in [0.2, 0.25) is 0 Å². The molecule has 1 N–H and O–H groups in total. The molecular formula is C25H21BrO4S. The lowest BCUT2D eigenvalue weighted by atomic mass is 9.98. The van der Waals surface area contributed by atoms with Crippen molar-refractivity contribution in [3.8, 4) is 16.2 Å². The zero-order valence-electron chi connectivity index (χ0n) is 17.0. The second-order valence-electron chi connectivity index (χ2n) is 7.33. The molecule has 0 aliphatic heterocycles. The number of carboxylic acid groups (broad SMARTS) is 1. The van der Waals surface area contributed by atoms with E-state index in [1.165, 1.54) is 0 Å². The van der Waals surface area contributed by atoms with Crippen molar-refractivity contribution in [2.24, 2.45) is 0 Å². The number of benzene rings is 3. The molecule has 0 radical (unpaired) electrons. The number of carbonyl (C=O) groups is 2. The van der Waals surface area contributed by atoms with E-state index in [9.17, 15) is 9.59 Å². The molecule has 4 rings (SSSR count). The first-order valence-corrected chi connectivity index (χ1v) is 11.7. The third-order valence-corrected chi connectivity index (χ3v) is 7.20. The maximum atomic E-state index is 13.1. The van der Waals surface area contributed by atoms with Crippen LogP contribution in [-0.4, -0.2) is 23.5 Å². The van der Waals surface area contributed by atoms with Crippen molar-refractivity contribution < 1.29 is 19.4 Å². The molecule has 6 heteroatoms. The Morgan fingerprint density at radius 1 is 1.06 bits per heavy atom. The fraction of sp³-hybridized carbons (Fsp3) is 0.200. The molecule has 0 saturated carbocycles. The molecule has 1 heterocycles. The van der Waals surface area contributed by atoms with Crippen molar-refractivity contribution in [3.05, 3.63) is 64.6 Å². The first-order chi connectivity index (χ1) is 15.0. The van der Waals surface area contributed by atoms with Crippen LogP contribution in [0.4, 0.5) is 0 Å². The Kier molecular flexibility index (Phi) is 6.39. The second-order valence-corrected chi connectivity index (χ2v) is 9.17. The number of Topliss-reactive ketones (excluding diaryl/α,β-unsaturated/α-hetero) is 1. The summed E-state index contributed by atoms with van der Waals surface area (Å²) in [6.07, 6.45) is 2.42. The molecule has 0 amide bonds. The topological polar surface area (TPSA) is 63.6 Å². The lowest BCUT2D eigenvalue weighted by molar-refractivity contribution is -0.139. The van der Waals surface area contributed by atoms with Gasteiger partial charge >= 0.3 is 5.97 Å². The largest absolute Gasteiger partial charge is 0.481 e. The lowest BCUT2D eigenvalue weighted by Gasteiger charge is -2.10. The van der Waals surface area contributed by atoms with Crippen LogP contribution in [0.5, 0.6) is 5.75 Å². The van der Waals surface area contributed by atoms with Crippen LogP contribution in [0.3, 0.4) is 0 Å². The van der Waals surface area contributed by atoms with Gasteiger partial charge in [-0.2, -0.15) is 0 Å². The monoisotopic (exact) mass is 496 g/mol. The number of fused-ring (bicyclic) bond motifs is 2. The van der Waals surface area contributed by atoms with Gasteiger partial charge in [0.05, 0.1) is 4.47 Å². The fourth-order valence-electron chi connectivity index (χ4n) is 3.65. The van der Waals surface area contributed by atoms with E-state index >= 15 is 0 Å². The maximum Gasteiger partial charge on any atom is 0.341 e. The number of ether oxygens (including phenoxy) is 1. The number of carbonyl (C=O) groups excluding carboxylic acids is 1. The summed E-state index contributed by atoms with van der Waals surface area (Å²) < 4.78 is 7.18. The second kappa shape index (κ2) is 9.20. The van der Waals surface area contributed by atoms with E-state index in [2.05, 4.69) is 35.0 Å². The normalized spacial score (nSPS) is 11.2. The SMILES string of the molecule is CCCCC(=O)c1c(-c2ccc3c(Br)c(OCC(=O)O)ccc3c2)sc2ccccc12. The summed E-state index contributed by atoms with van der Waals surface area (Å²) in [5.74, 6) is -0.347. The Balaban J connectivity index is 1.80. The van der Waals surface area contributed by atoms with Gasteiger partial charge < -0.3 is 9.84 Å². The maximum absolute atomic E-state index is 13.1. The number of hydrogen-bond donors (Lipinski definition) is 1. The Morgan fingerprint density at radius 2 is 1.87 bits per heavy atom. The number of thiophene rings is 1. The molecule has 158 valence electrons. The number of hydrogen-bond acceptors (Lipinski definition) is 4. The highest BCUT2D eigenvalue weighted by atomic mass is 79.9. The van der Waals surface area contributed by atoms with Gasteiger partial charge in [0.1, 0.15) is 5.75 Å². The van der Waals surface area contributed by atoms with Crippen LogP contribution in [0.2, 0.25) is 0 Å². The van der Waals surface area contributed by atoms with E-state index in [1.54, 1.807) is 17.4 Å². The van der Waals surface area contributed by atoms with E-state index in [1.807, 2.05) is 36.4 Å². The van der Waals surface area contributed by atoms with Crippen LogP contribution in [0, 0.1) is 0 Å². The Morgan fingerprint density at radius 3 is 2.65 bits per heavy atom. The van der Waals surface area contributed by atoms with Gasteiger partial charge in [-0.15, -0.1) is 11.3 Å². The molecule has 4 nitrogen and oxygen atoms in total. The number of aliphatic carboxylic acids is 1. The zero-order valence-corrected chi connectivity index (χ0v) is 19.4. The summed E-state index contributed by atoms with van der Waals surface area (Å²) >= 11 is 5.18. The summed E-state index contributed by atoms with van der Waals surface area (Å²) in [6, 6.07) is 17.8. The van der Waals surface area contributed by atoms with E-state index in [0.717, 1.165) is 49.7 Å². The highest BCUT2D eigenvalue weighted by molar-refractivity contribution is 9.10. The van der Waals surface area contributed by atoms with Gasteiger partial charge in [0, 0.05) is 26.9 Å². The van der Waals surface area contributed by atoms with Gasteiger partial charge in [-0.3, -0.25) is 4.79 Å². The highest BCUT2D eigenvalue weighted by Gasteiger charge is 2.20. The lowest BCUT2D eigenvalue weighted by Crippen LogP contribution is -2.09. The number of halogens is 1. The van der Waals surface area contributed by atoms with Gasteiger partial charge in [-0.05, 0) is 56.9 Å². The molecule has 1 aromatic heterocycles. The van der Waals surface area contributed by atoms with Gasteiger partial charge in [-0.25, -0.2) is 4.79 Å². The molecule has 0 aliphatic rings. The first-order valence-electron chi connectivity index (χ1n) is 10.1. The Hall–Kier alpha value is -2.70. The highest BCUT2D eigenvalue weighted by Crippen LogP contribution is 2.42. The molecule has 3 aromatic carbocycles. The molecule has 0 fully saturated rings. The molecule has 0 saturated heterocycles. The third kappa shape index (κ3) is 4.36. The minimum atomic E-state index is -1.02. The summed E-state index contributed by atoms with van der Waals surface area (Å²) in [5.41, 5.74) is 1.81. The van der Waals surface area contributed by atoms with Crippen molar-refractivity contribution in [1.29, 1.82) is 0 Å². The molecule has 0 aliphatic carbocycles. The third-order valence-electron chi connectivity index (χ3n) is 5.16. The minimum absolute atomic E-state index is 0.188. The molecule has 0 atom stereocenters. The number of unbranched alkanes of at least 4 members (excludes halogenated alkanes) is 1. The summed E-state index contributed by atoms with van der Waals surface area (Å²) in [7, 11) is 0. The number of rotatable bonds is 8. The quantitative estimate of drug-likeness (QED) is 0.259. The fourth-order valence-corrected chi connectivity index (χ4v) is 5.48. The van der Waals surface area contributed by atoms with Crippen molar-refractivity contribution in [2.45, 2.75) is 26.2 Å². The minimum Gasteiger partial charge on any atom is -0.481 e. The predicted molar refractivity (Wildman–Crippen MR) is 129 cm³/mol. The molecule has 31 heavy (non-hydrogen) atoms. The Labute approximate surface area is 192 Å². The smallest absolute Gasteiger partial charge is 0.341 e. The van der Waals surface area contributed by atoms with Crippen molar-refractivity contribution in [3.63, 3.8) is 0 Å². The van der Waals surface area contributed by atoms with Crippen LogP contribution in [0.1, 0.15) is 36.5 Å². The summed E-state index contributed by atoms with van der Waals surface area (Å²) in [4.78, 5) is 24.9. The summed E-state index contributed by atoms with van der Waals surface area (Å²) in [5, 5.41) is 11.8. The molecule has 0 bridgehead atoms. The molecule has 0 unspecified atom stereocenters. The van der Waals surface area contributed by atoms with Gasteiger partial charge in [0.25, 0.3) is 0 Å². The van der Waals surface area contributed by atoms with Crippen LogP contribution in [-0.2, 0) is 4.79 Å². The van der Waals surface area contributed by atoms with E-state index in [-0.39, 0.29) is 5.78 Å². The zero-order chi connectivity index (χ0) is 22.0. The van der Waals surface area contributed by atoms with Crippen LogP contribution >= 0.6 is 27.3 Å². The Bertz CT molecular complexity index is 1290. The molecular weight excluding hydrogens is 476 g/mol. The van der Waals surface area contributed by atoms with Gasteiger partial charge in [0.15, 0.2) is 12.4 Å². The van der Waals surface area contributed by atoms with Crippen LogP contribution < -0.4 is 4.74 Å². The summed E-state index contributed by atoms with van der Waals surface area (Å²) in [6.45, 7) is 1.70. The number of carboxylic acids is 1. The predicted octanol–water partition coefficient (Wildman–Crippen LogP) is 7.32. The van der Waals surface area contributed by atoms with Crippen LogP contribution in [0.25, 0.3) is 31.3 Å². The average molecular weight is 497 g/mol. The number of ketones is 1. The standard InChI is InChI=1S/C25H21BrO4S/c1-2-3-7-19(27)23-18-6-4-5-8-21(18)31-25(23)16-9-11-17-15(13-16)10-12-20(24(17)26)30-14-22(28)29/h4-6,8-13H,2-3,7,14H2,1H3,(H,28,29). The van der Waals surface area contributed by atoms with Crippen molar-refractivity contribution in [1.82, 2.24) is 0 Å². The molecule has 4 aromatic rings. The molecule has 0 spiro atoms. The van der Waals surface area contributed by atoms with E-state index < -0.39 is 12.6 Å². The van der Waals surface area contributed by atoms with Crippen LogP contribution in [0.15, 0.2) is 59.1 Å². The first kappa shape index (κ1) is 21.5.